The Hall–Kier alpha value is -3.35. The van der Waals surface area contributed by atoms with E-state index in [1.165, 1.54) is 7.11 Å². The third kappa shape index (κ3) is 3.36. The number of carbonyl (C=O) groups is 1. The number of methoxy groups -OCH3 is 1. The molecule has 2 aromatic carbocycles. The lowest BCUT2D eigenvalue weighted by molar-refractivity contribution is 0.167. The number of nitrogens with zero attached hydrogens (tertiary/aromatic N) is 3. The number of aromatic nitrogens is 2. The molecule has 2 heterocycles. The van der Waals surface area contributed by atoms with Gasteiger partial charge in [0.15, 0.2) is 5.82 Å². The van der Waals surface area contributed by atoms with Gasteiger partial charge in [-0.2, -0.15) is 0 Å². The molecule has 0 bridgehead atoms. The number of fused-ring (bicyclic) bond motifs is 1. The molecule has 7 heteroatoms. The van der Waals surface area contributed by atoms with Crippen molar-refractivity contribution in [3.05, 3.63) is 48.5 Å². The van der Waals surface area contributed by atoms with Crippen molar-refractivity contribution in [1.82, 2.24) is 15.3 Å². The minimum absolute atomic E-state index is 0.000226. The van der Waals surface area contributed by atoms with Crippen LogP contribution in [-0.2, 0) is 4.74 Å². The van der Waals surface area contributed by atoms with E-state index in [4.69, 9.17) is 9.72 Å². The summed E-state index contributed by atoms with van der Waals surface area (Å²) in [4.78, 5) is 23.0. The number of phenolic OH excluding ortho intramolecular Hbond substituents is 1. The molecule has 1 amide bonds. The highest BCUT2D eigenvalue weighted by atomic mass is 16.5. The molecule has 3 aromatic rings. The van der Waals surface area contributed by atoms with E-state index in [1.54, 1.807) is 18.2 Å². The first-order valence-corrected chi connectivity index (χ1v) is 8.80. The fraction of sp³-hybridized carbons (Fsp3) is 0.250. The van der Waals surface area contributed by atoms with Crippen molar-refractivity contribution in [3.8, 4) is 17.1 Å². The molecular formula is C20H20N4O3. The van der Waals surface area contributed by atoms with Crippen LogP contribution in [0.25, 0.3) is 22.3 Å². The number of alkyl carbamates (subject to hydrolysis) is 1. The number of nitrogens with one attached hydrogen (secondary N) is 1. The number of anilines is 1. The van der Waals surface area contributed by atoms with Crippen LogP contribution in [0.15, 0.2) is 48.5 Å². The summed E-state index contributed by atoms with van der Waals surface area (Å²) in [7, 11) is 1.36. The van der Waals surface area contributed by atoms with Crippen molar-refractivity contribution >= 4 is 22.8 Å². The molecule has 0 saturated carbocycles. The van der Waals surface area contributed by atoms with Crippen LogP contribution < -0.4 is 10.2 Å². The zero-order valence-corrected chi connectivity index (χ0v) is 14.9. The third-order valence-electron chi connectivity index (χ3n) is 4.72. The molecule has 1 atom stereocenters. The van der Waals surface area contributed by atoms with Crippen molar-refractivity contribution in [2.45, 2.75) is 12.5 Å². The van der Waals surface area contributed by atoms with Crippen molar-refractivity contribution in [3.63, 3.8) is 0 Å². The quantitative estimate of drug-likeness (QED) is 0.743. The highest BCUT2D eigenvalue weighted by molar-refractivity contribution is 5.91. The second kappa shape index (κ2) is 7.11. The van der Waals surface area contributed by atoms with Gasteiger partial charge >= 0.3 is 6.09 Å². The number of amides is 1. The summed E-state index contributed by atoms with van der Waals surface area (Å²) < 4.78 is 4.69. The number of benzene rings is 2. The van der Waals surface area contributed by atoms with E-state index < -0.39 is 6.09 Å². The molecule has 138 valence electrons. The predicted octanol–water partition coefficient (Wildman–Crippen LogP) is 2.94. The molecule has 0 aliphatic carbocycles. The molecule has 7 nitrogen and oxygen atoms in total. The summed E-state index contributed by atoms with van der Waals surface area (Å²) in [6, 6.07) is 14.8. The highest BCUT2D eigenvalue weighted by Gasteiger charge is 2.27. The van der Waals surface area contributed by atoms with E-state index in [9.17, 15) is 9.90 Å². The van der Waals surface area contributed by atoms with E-state index >= 15 is 0 Å². The molecule has 1 saturated heterocycles. The Morgan fingerprint density at radius 3 is 2.78 bits per heavy atom. The maximum absolute atomic E-state index is 11.5. The Kier molecular flexibility index (Phi) is 4.50. The fourth-order valence-electron chi connectivity index (χ4n) is 3.38. The van der Waals surface area contributed by atoms with Crippen molar-refractivity contribution in [2.24, 2.45) is 0 Å². The van der Waals surface area contributed by atoms with Gasteiger partial charge in [0.25, 0.3) is 0 Å². The Bertz CT molecular complexity index is 992. The SMILES string of the molecule is COC(=O)N[C@@H]1CCN(c2nc(-c3ccccc3O)nc3ccccc23)C1. The predicted molar refractivity (Wildman–Crippen MR) is 103 cm³/mol. The van der Waals surface area contributed by atoms with Crippen LogP contribution in [0.2, 0.25) is 0 Å². The van der Waals surface area contributed by atoms with Crippen LogP contribution in [0.4, 0.5) is 10.6 Å². The zero-order valence-electron chi connectivity index (χ0n) is 14.9. The van der Waals surface area contributed by atoms with Gasteiger partial charge in [-0.1, -0.05) is 24.3 Å². The van der Waals surface area contributed by atoms with Crippen LogP contribution in [0.1, 0.15) is 6.42 Å². The van der Waals surface area contributed by atoms with Gasteiger partial charge in [0.05, 0.1) is 24.2 Å². The van der Waals surface area contributed by atoms with Gasteiger partial charge < -0.3 is 20.1 Å². The minimum atomic E-state index is -0.427. The van der Waals surface area contributed by atoms with Crippen LogP contribution in [0, 0.1) is 0 Å². The number of hydrogen-bond acceptors (Lipinski definition) is 6. The topological polar surface area (TPSA) is 87.6 Å². The summed E-state index contributed by atoms with van der Waals surface area (Å²) in [5, 5.41) is 14.0. The maximum Gasteiger partial charge on any atom is 0.407 e. The largest absolute Gasteiger partial charge is 0.507 e. The maximum atomic E-state index is 11.5. The molecule has 1 aromatic heterocycles. The van der Waals surface area contributed by atoms with E-state index in [1.807, 2.05) is 30.3 Å². The van der Waals surface area contributed by atoms with E-state index in [2.05, 4.69) is 15.2 Å². The number of carbonyl (C=O) groups excluding carboxylic acids is 1. The van der Waals surface area contributed by atoms with Crippen LogP contribution in [0.3, 0.4) is 0 Å². The van der Waals surface area contributed by atoms with Crippen LogP contribution in [-0.4, -0.2) is 47.4 Å². The second-order valence-corrected chi connectivity index (χ2v) is 6.47. The zero-order chi connectivity index (χ0) is 18.8. The molecule has 2 N–H and O–H groups in total. The Labute approximate surface area is 156 Å². The first-order valence-electron chi connectivity index (χ1n) is 8.80. The molecular weight excluding hydrogens is 344 g/mol. The van der Waals surface area contributed by atoms with E-state index in [-0.39, 0.29) is 11.8 Å². The lowest BCUT2D eigenvalue weighted by Crippen LogP contribution is -2.37. The summed E-state index contributed by atoms with van der Waals surface area (Å²) in [6.45, 7) is 1.40. The molecule has 1 aliphatic heterocycles. The number of para-hydroxylation sites is 2. The first-order chi connectivity index (χ1) is 13.2. The number of aromatic hydroxyl groups is 1. The molecule has 4 rings (SSSR count). The Balaban J connectivity index is 1.74. The van der Waals surface area contributed by atoms with Crippen molar-refractivity contribution in [2.75, 3.05) is 25.1 Å². The fourth-order valence-corrected chi connectivity index (χ4v) is 3.38. The van der Waals surface area contributed by atoms with Gasteiger partial charge in [-0.25, -0.2) is 14.8 Å². The first kappa shape index (κ1) is 17.1. The summed E-state index contributed by atoms with van der Waals surface area (Å²) in [5.41, 5.74) is 1.40. The van der Waals surface area contributed by atoms with E-state index in [0.29, 0.717) is 17.9 Å². The molecule has 0 radical (unpaired) electrons. The average molecular weight is 364 g/mol. The third-order valence-corrected chi connectivity index (χ3v) is 4.72. The smallest absolute Gasteiger partial charge is 0.407 e. The summed E-state index contributed by atoms with van der Waals surface area (Å²) in [6.07, 6.45) is 0.378. The van der Waals surface area contributed by atoms with Gasteiger partial charge in [-0.3, -0.25) is 0 Å². The van der Waals surface area contributed by atoms with E-state index in [0.717, 1.165) is 29.7 Å². The monoisotopic (exact) mass is 364 g/mol. The molecule has 1 fully saturated rings. The molecule has 0 spiro atoms. The normalized spacial score (nSPS) is 16.5. The standard InChI is InChI=1S/C20H20N4O3/c1-27-20(26)21-13-10-11-24(12-13)19-14-6-2-4-8-16(14)22-18(23-19)15-7-3-5-9-17(15)25/h2-9,13,25H,10-12H2,1H3,(H,21,26)/t13-/m1/s1. The van der Waals surface area contributed by atoms with Crippen LogP contribution in [0.5, 0.6) is 5.75 Å². The van der Waals surface area contributed by atoms with Gasteiger partial charge in [-0.05, 0) is 30.7 Å². The second-order valence-electron chi connectivity index (χ2n) is 6.47. The summed E-state index contributed by atoms with van der Waals surface area (Å²) in [5.74, 6) is 1.42. The van der Waals surface area contributed by atoms with Crippen molar-refractivity contribution < 1.29 is 14.6 Å². The number of ether oxygens (including phenoxy) is 1. The average Bonchev–Trinajstić information content (AvgIpc) is 3.15. The number of rotatable bonds is 3. The lowest BCUT2D eigenvalue weighted by atomic mass is 10.1. The number of hydrogen-bond donors (Lipinski definition) is 2. The van der Waals surface area contributed by atoms with Gasteiger partial charge in [0, 0.05) is 18.5 Å². The van der Waals surface area contributed by atoms with Crippen molar-refractivity contribution in [1.29, 1.82) is 0 Å². The molecule has 1 aliphatic rings. The lowest BCUT2D eigenvalue weighted by Gasteiger charge is -2.20. The molecule has 0 unspecified atom stereocenters. The number of phenols is 1. The highest BCUT2D eigenvalue weighted by Crippen LogP contribution is 2.32. The summed E-state index contributed by atoms with van der Waals surface area (Å²) >= 11 is 0. The van der Waals surface area contributed by atoms with Gasteiger partial charge in [0.2, 0.25) is 0 Å². The van der Waals surface area contributed by atoms with Gasteiger partial charge in [0.1, 0.15) is 11.6 Å². The van der Waals surface area contributed by atoms with Gasteiger partial charge in [-0.15, -0.1) is 0 Å². The Morgan fingerprint density at radius 2 is 1.96 bits per heavy atom. The van der Waals surface area contributed by atoms with Crippen LogP contribution >= 0.6 is 0 Å². The Morgan fingerprint density at radius 1 is 1.19 bits per heavy atom. The minimum Gasteiger partial charge on any atom is -0.507 e. The molecule has 27 heavy (non-hydrogen) atoms.